The van der Waals surface area contributed by atoms with Crippen molar-refractivity contribution in [2.24, 2.45) is 4.99 Å². The number of fused-ring (bicyclic) bond motifs is 2. The smallest absolute Gasteiger partial charge is 0.374 e. The first kappa shape index (κ1) is 17.3. The third kappa shape index (κ3) is 3.27. The third-order valence-corrected chi connectivity index (χ3v) is 5.56. The van der Waals surface area contributed by atoms with Gasteiger partial charge in [0.05, 0.1) is 5.56 Å². The number of ether oxygens (including phenoxy) is 1. The molecule has 9 heteroatoms. The Hall–Kier alpha value is -2.16. The topological polar surface area (TPSA) is 62.2 Å². The van der Waals surface area contributed by atoms with Gasteiger partial charge in [0.1, 0.15) is 17.3 Å². The van der Waals surface area contributed by atoms with E-state index in [1.54, 1.807) is 18.2 Å². The van der Waals surface area contributed by atoms with Crippen LogP contribution < -0.4 is 4.74 Å². The molecular formula is C17H15ClFN3O3S. The van der Waals surface area contributed by atoms with E-state index >= 15 is 0 Å². The van der Waals surface area contributed by atoms with Crippen LogP contribution >= 0.6 is 11.6 Å². The minimum absolute atomic E-state index is 0.0518. The number of nitrogens with zero attached hydrogens (tertiary/aromatic N) is 3. The summed E-state index contributed by atoms with van der Waals surface area (Å²) in [6.07, 6.45) is 0. The zero-order valence-corrected chi connectivity index (χ0v) is 15.2. The number of aliphatic imine (C=N–C) groups is 1. The zero-order valence-electron chi connectivity index (χ0n) is 13.6. The van der Waals surface area contributed by atoms with Crippen molar-refractivity contribution >= 4 is 33.5 Å². The van der Waals surface area contributed by atoms with E-state index in [1.807, 2.05) is 29.2 Å². The summed E-state index contributed by atoms with van der Waals surface area (Å²) < 4.78 is 42.2. The number of para-hydroxylation sites is 2. The van der Waals surface area contributed by atoms with E-state index in [4.69, 9.17) is 21.3 Å². The molecule has 0 aromatic heterocycles. The van der Waals surface area contributed by atoms with E-state index in [9.17, 15) is 12.3 Å². The number of halogens is 2. The van der Waals surface area contributed by atoms with Gasteiger partial charge >= 0.3 is 10.4 Å². The average Bonchev–Trinajstić information content (AvgIpc) is 2.77. The van der Waals surface area contributed by atoms with E-state index in [0.717, 1.165) is 4.31 Å². The number of piperazine rings is 1. The second-order valence-electron chi connectivity index (χ2n) is 5.97. The van der Waals surface area contributed by atoms with Gasteiger partial charge in [-0.1, -0.05) is 27.6 Å². The largest absolute Gasteiger partial charge is 0.454 e. The highest BCUT2D eigenvalue weighted by Gasteiger charge is 2.30. The summed E-state index contributed by atoms with van der Waals surface area (Å²) in [5, 5.41) is 0.538. The maximum absolute atomic E-state index is 13.2. The molecule has 1 fully saturated rings. The molecule has 4 rings (SSSR count). The second-order valence-corrected chi connectivity index (χ2v) is 7.75. The van der Waals surface area contributed by atoms with Gasteiger partial charge in [0.15, 0.2) is 5.75 Å². The molecule has 136 valence electrons. The van der Waals surface area contributed by atoms with Crippen LogP contribution in [0.5, 0.6) is 11.5 Å². The van der Waals surface area contributed by atoms with Gasteiger partial charge in [0.2, 0.25) is 0 Å². The van der Waals surface area contributed by atoms with Crippen LogP contribution in [0.25, 0.3) is 0 Å². The lowest BCUT2D eigenvalue weighted by Crippen LogP contribution is -2.49. The summed E-state index contributed by atoms with van der Waals surface area (Å²) in [5.74, 6) is 1.86. The average molecular weight is 396 g/mol. The molecule has 0 bridgehead atoms. The summed E-state index contributed by atoms with van der Waals surface area (Å²) in [4.78, 5) is 6.65. The predicted octanol–water partition coefficient (Wildman–Crippen LogP) is 3.36. The van der Waals surface area contributed by atoms with Gasteiger partial charge < -0.3 is 9.64 Å². The predicted molar refractivity (Wildman–Crippen MR) is 97.3 cm³/mol. The molecule has 26 heavy (non-hydrogen) atoms. The lowest BCUT2D eigenvalue weighted by Gasteiger charge is -2.34. The fraction of sp³-hybridized carbons (Fsp3) is 0.235. The molecule has 0 atom stereocenters. The van der Waals surface area contributed by atoms with Crippen molar-refractivity contribution in [2.75, 3.05) is 26.2 Å². The first-order chi connectivity index (χ1) is 12.4. The molecule has 6 nitrogen and oxygen atoms in total. The monoisotopic (exact) mass is 395 g/mol. The first-order valence-corrected chi connectivity index (χ1v) is 9.74. The van der Waals surface area contributed by atoms with Crippen molar-refractivity contribution in [3.8, 4) is 11.5 Å². The van der Waals surface area contributed by atoms with Gasteiger partial charge in [-0.15, -0.1) is 0 Å². The number of hydrogen-bond donors (Lipinski definition) is 0. The highest BCUT2D eigenvalue weighted by Crippen LogP contribution is 2.38. The Bertz CT molecular complexity index is 988. The van der Waals surface area contributed by atoms with Crippen molar-refractivity contribution in [3.05, 3.63) is 53.1 Å². The molecule has 2 aromatic rings. The maximum Gasteiger partial charge on any atom is 0.374 e. The van der Waals surface area contributed by atoms with Crippen LogP contribution in [0, 0.1) is 0 Å². The molecule has 0 unspecified atom stereocenters. The normalized spacial score (nSPS) is 17.6. The third-order valence-electron chi connectivity index (χ3n) is 4.34. The Morgan fingerprint density at radius 2 is 1.77 bits per heavy atom. The van der Waals surface area contributed by atoms with Crippen LogP contribution in [0.4, 0.5) is 9.57 Å². The molecular weight excluding hydrogens is 381 g/mol. The first-order valence-electron chi connectivity index (χ1n) is 8.02. The summed E-state index contributed by atoms with van der Waals surface area (Å²) in [5.41, 5.74) is 1.38. The van der Waals surface area contributed by atoms with Crippen molar-refractivity contribution in [1.29, 1.82) is 0 Å². The maximum atomic E-state index is 13.2. The fourth-order valence-corrected chi connectivity index (χ4v) is 3.83. The Kier molecular flexibility index (Phi) is 4.34. The quantitative estimate of drug-likeness (QED) is 0.695. The van der Waals surface area contributed by atoms with Gasteiger partial charge in [-0.05, 0) is 30.3 Å². The Morgan fingerprint density at radius 3 is 2.50 bits per heavy atom. The second kappa shape index (κ2) is 6.53. The SMILES string of the molecule is O=S(=O)(F)N1CCN(C2=Nc3ccccc3Oc3ccc(Cl)cc32)CC1. The van der Waals surface area contributed by atoms with Crippen LogP contribution in [-0.4, -0.2) is 49.6 Å². The number of amidine groups is 1. The van der Waals surface area contributed by atoms with E-state index in [0.29, 0.717) is 46.7 Å². The molecule has 0 aliphatic carbocycles. The number of hydrogen-bond acceptors (Lipinski definition) is 5. The van der Waals surface area contributed by atoms with Crippen LogP contribution in [0.1, 0.15) is 5.56 Å². The van der Waals surface area contributed by atoms with Gasteiger partial charge in [0.25, 0.3) is 0 Å². The molecule has 2 aromatic carbocycles. The Labute approximate surface area is 155 Å². The number of benzene rings is 2. The van der Waals surface area contributed by atoms with Crippen molar-refractivity contribution in [3.63, 3.8) is 0 Å². The van der Waals surface area contributed by atoms with Crippen molar-refractivity contribution < 1.29 is 17.0 Å². The highest BCUT2D eigenvalue weighted by molar-refractivity contribution is 7.83. The van der Waals surface area contributed by atoms with Gasteiger partial charge in [-0.2, -0.15) is 12.7 Å². The van der Waals surface area contributed by atoms with Crippen LogP contribution in [0.15, 0.2) is 47.5 Å². The minimum Gasteiger partial charge on any atom is -0.454 e. The Morgan fingerprint density at radius 1 is 1.04 bits per heavy atom. The minimum atomic E-state index is -4.68. The Balaban J connectivity index is 1.75. The standard InChI is InChI=1S/C17H15ClFN3O3S/c18-12-5-6-15-13(11-12)17(20-14-3-1-2-4-16(14)25-15)21-7-9-22(10-8-21)26(19,23)24/h1-6,11H,7-10H2. The van der Waals surface area contributed by atoms with E-state index in [2.05, 4.69) is 0 Å². The summed E-state index contributed by atoms with van der Waals surface area (Å²) in [7, 11) is -4.68. The van der Waals surface area contributed by atoms with Crippen LogP contribution in [0.3, 0.4) is 0 Å². The van der Waals surface area contributed by atoms with E-state index in [1.165, 1.54) is 0 Å². The lowest BCUT2D eigenvalue weighted by molar-refractivity contribution is 0.258. The van der Waals surface area contributed by atoms with Crippen LogP contribution in [0.2, 0.25) is 5.02 Å². The molecule has 0 spiro atoms. The van der Waals surface area contributed by atoms with Crippen molar-refractivity contribution in [1.82, 2.24) is 9.21 Å². The fourth-order valence-electron chi connectivity index (χ4n) is 3.05. The molecule has 0 saturated carbocycles. The summed E-state index contributed by atoms with van der Waals surface area (Å²) in [6.45, 7) is 0.735. The van der Waals surface area contributed by atoms with E-state index in [-0.39, 0.29) is 13.1 Å². The zero-order chi connectivity index (χ0) is 18.3. The van der Waals surface area contributed by atoms with Crippen LogP contribution in [-0.2, 0) is 10.4 Å². The van der Waals surface area contributed by atoms with E-state index < -0.39 is 10.4 Å². The molecule has 0 amide bonds. The van der Waals surface area contributed by atoms with Gasteiger partial charge in [-0.25, -0.2) is 4.99 Å². The molecule has 2 aliphatic rings. The highest BCUT2D eigenvalue weighted by atomic mass is 35.5. The van der Waals surface area contributed by atoms with Gasteiger partial charge in [-0.3, -0.25) is 0 Å². The molecule has 0 N–H and O–H groups in total. The summed E-state index contributed by atoms with van der Waals surface area (Å²) in [6, 6.07) is 12.7. The molecule has 2 heterocycles. The molecule has 0 radical (unpaired) electrons. The lowest BCUT2D eigenvalue weighted by atomic mass is 10.1. The summed E-state index contributed by atoms with van der Waals surface area (Å²) >= 11 is 6.16. The van der Waals surface area contributed by atoms with Crippen molar-refractivity contribution in [2.45, 2.75) is 0 Å². The molecule has 2 aliphatic heterocycles. The number of rotatable bonds is 1. The molecule has 1 saturated heterocycles. The van der Waals surface area contributed by atoms with Gasteiger partial charge in [0, 0.05) is 31.2 Å².